The Hall–Kier alpha value is -2.35. The molecule has 0 fully saturated rings. The van der Waals surface area contributed by atoms with Crippen molar-refractivity contribution in [1.29, 1.82) is 5.26 Å². The van der Waals surface area contributed by atoms with E-state index in [4.69, 9.17) is 10.00 Å². The van der Waals surface area contributed by atoms with Crippen molar-refractivity contribution >= 4 is 0 Å². The van der Waals surface area contributed by atoms with Crippen LogP contribution in [0.2, 0.25) is 0 Å². The van der Waals surface area contributed by atoms with Gasteiger partial charge < -0.3 is 4.74 Å². The number of halogens is 1. The van der Waals surface area contributed by atoms with Crippen LogP contribution in [0.1, 0.15) is 25.5 Å². The molecule has 2 aromatic rings. The maximum atomic E-state index is 13.0. The van der Waals surface area contributed by atoms with E-state index in [0.717, 1.165) is 6.07 Å². The van der Waals surface area contributed by atoms with E-state index < -0.39 is 5.82 Å². The number of rotatable bonds is 3. The van der Waals surface area contributed by atoms with Gasteiger partial charge in [0.15, 0.2) is 5.75 Å². The third-order valence-corrected chi connectivity index (χ3v) is 2.40. The second-order valence-electron chi connectivity index (χ2n) is 4.10. The lowest BCUT2D eigenvalue weighted by Gasteiger charge is -2.05. The van der Waals surface area contributed by atoms with E-state index in [-0.39, 0.29) is 11.6 Å². The van der Waals surface area contributed by atoms with E-state index in [1.54, 1.807) is 17.1 Å². The zero-order valence-electron chi connectivity index (χ0n) is 10.1. The summed E-state index contributed by atoms with van der Waals surface area (Å²) in [4.78, 5) is 0. The van der Waals surface area contributed by atoms with Gasteiger partial charge in [0, 0.05) is 6.04 Å². The standard InChI is InChI=1S/C13H12FN3O/c1-9(2)17-8-12(7-16-17)18-13-4-3-11(14)5-10(13)6-15/h3-5,7-9H,1-2H3. The van der Waals surface area contributed by atoms with Gasteiger partial charge in [-0.2, -0.15) is 10.4 Å². The van der Waals surface area contributed by atoms with Crippen molar-refractivity contribution in [2.45, 2.75) is 19.9 Å². The SMILES string of the molecule is CC(C)n1cc(Oc2ccc(F)cc2C#N)cn1. The van der Waals surface area contributed by atoms with Crippen LogP contribution < -0.4 is 4.74 Å². The predicted octanol–water partition coefficient (Wildman–Crippen LogP) is 3.27. The summed E-state index contributed by atoms with van der Waals surface area (Å²) in [6, 6.07) is 5.95. The minimum absolute atomic E-state index is 0.160. The van der Waals surface area contributed by atoms with Crippen LogP contribution in [0, 0.1) is 17.1 Å². The monoisotopic (exact) mass is 245 g/mol. The quantitative estimate of drug-likeness (QED) is 0.833. The van der Waals surface area contributed by atoms with Crippen molar-refractivity contribution in [3.05, 3.63) is 42.0 Å². The average Bonchev–Trinajstić information content (AvgIpc) is 2.80. The molecule has 0 atom stereocenters. The van der Waals surface area contributed by atoms with Crippen LogP contribution >= 0.6 is 0 Å². The first-order chi connectivity index (χ1) is 8.60. The molecule has 2 rings (SSSR count). The van der Waals surface area contributed by atoms with Crippen molar-refractivity contribution in [3.63, 3.8) is 0 Å². The van der Waals surface area contributed by atoms with Crippen molar-refractivity contribution in [1.82, 2.24) is 9.78 Å². The highest BCUT2D eigenvalue weighted by atomic mass is 19.1. The van der Waals surface area contributed by atoms with Gasteiger partial charge in [-0.3, -0.25) is 4.68 Å². The molecule has 1 heterocycles. The van der Waals surface area contributed by atoms with Gasteiger partial charge in [0.2, 0.25) is 0 Å². The van der Waals surface area contributed by atoms with E-state index in [1.807, 2.05) is 19.9 Å². The molecule has 0 aliphatic carbocycles. The van der Waals surface area contributed by atoms with Crippen LogP contribution in [0.3, 0.4) is 0 Å². The molecular formula is C13H12FN3O. The molecule has 18 heavy (non-hydrogen) atoms. The maximum absolute atomic E-state index is 13.0. The summed E-state index contributed by atoms with van der Waals surface area (Å²) in [5.41, 5.74) is 0.160. The smallest absolute Gasteiger partial charge is 0.165 e. The molecule has 92 valence electrons. The van der Waals surface area contributed by atoms with Gasteiger partial charge in [-0.05, 0) is 32.0 Å². The second-order valence-corrected chi connectivity index (χ2v) is 4.10. The molecule has 0 bridgehead atoms. The molecule has 1 aromatic carbocycles. The number of benzene rings is 1. The first kappa shape index (κ1) is 12.1. The topological polar surface area (TPSA) is 50.8 Å². The summed E-state index contributed by atoms with van der Waals surface area (Å²) in [5.74, 6) is 0.380. The third-order valence-electron chi connectivity index (χ3n) is 2.40. The Morgan fingerprint density at radius 2 is 2.22 bits per heavy atom. The van der Waals surface area contributed by atoms with Crippen LogP contribution in [0.4, 0.5) is 4.39 Å². The van der Waals surface area contributed by atoms with Gasteiger partial charge in [0.25, 0.3) is 0 Å². The fourth-order valence-electron chi connectivity index (χ4n) is 1.46. The Labute approximate surface area is 104 Å². The molecule has 0 N–H and O–H groups in total. The second kappa shape index (κ2) is 4.88. The van der Waals surface area contributed by atoms with Gasteiger partial charge in [0.05, 0.1) is 18.0 Å². The Kier molecular flexibility index (Phi) is 3.28. The number of aromatic nitrogens is 2. The number of ether oxygens (including phenoxy) is 1. The van der Waals surface area contributed by atoms with Crippen LogP contribution in [-0.2, 0) is 0 Å². The average molecular weight is 245 g/mol. The van der Waals surface area contributed by atoms with Gasteiger partial charge in [0.1, 0.15) is 17.6 Å². The van der Waals surface area contributed by atoms with Crippen LogP contribution in [0.25, 0.3) is 0 Å². The highest BCUT2D eigenvalue weighted by Gasteiger charge is 2.08. The summed E-state index contributed by atoms with van der Waals surface area (Å²) >= 11 is 0. The van der Waals surface area contributed by atoms with E-state index in [2.05, 4.69) is 5.10 Å². The molecule has 0 aliphatic heterocycles. The molecule has 0 radical (unpaired) electrons. The minimum Gasteiger partial charge on any atom is -0.453 e. The lowest BCUT2D eigenvalue weighted by atomic mass is 10.2. The maximum Gasteiger partial charge on any atom is 0.165 e. The first-order valence-corrected chi connectivity index (χ1v) is 5.52. The number of hydrogen-bond donors (Lipinski definition) is 0. The number of nitriles is 1. The molecule has 0 amide bonds. The largest absolute Gasteiger partial charge is 0.453 e. The Bertz CT molecular complexity index is 599. The highest BCUT2D eigenvalue weighted by molar-refractivity contribution is 5.44. The van der Waals surface area contributed by atoms with Crippen LogP contribution in [0.5, 0.6) is 11.5 Å². The van der Waals surface area contributed by atoms with Crippen LogP contribution in [-0.4, -0.2) is 9.78 Å². The minimum atomic E-state index is -0.461. The summed E-state index contributed by atoms with van der Waals surface area (Å²) in [7, 11) is 0. The fraction of sp³-hybridized carbons (Fsp3) is 0.231. The van der Waals surface area contributed by atoms with E-state index in [9.17, 15) is 4.39 Å². The molecular weight excluding hydrogens is 233 g/mol. The molecule has 0 spiro atoms. The summed E-state index contributed by atoms with van der Waals surface area (Å²) in [5, 5.41) is 13.0. The van der Waals surface area contributed by atoms with E-state index in [0.29, 0.717) is 11.5 Å². The third kappa shape index (κ3) is 2.48. The van der Waals surface area contributed by atoms with Crippen molar-refractivity contribution in [2.24, 2.45) is 0 Å². The first-order valence-electron chi connectivity index (χ1n) is 5.52. The molecule has 0 unspecified atom stereocenters. The van der Waals surface area contributed by atoms with Crippen molar-refractivity contribution < 1.29 is 9.13 Å². The van der Waals surface area contributed by atoms with Crippen LogP contribution in [0.15, 0.2) is 30.6 Å². The van der Waals surface area contributed by atoms with Gasteiger partial charge in [-0.15, -0.1) is 0 Å². The van der Waals surface area contributed by atoms with E-state index >= 15 is 0 Å². The Morgan fingerprint density at radius 1 is 1.44 bits per heavy atom. The van der Waals surface area contributed by atoms with Crippen molar-refractivity contribution in [2.75, 3.05) is 0 Å². The lowest BCUT2D eigenvalue weighted by molar-refractivity contribution is 0.474. The molecule has 0 aliphatic rings. The number of hydrogen-bond acceptors (Lipinski definition) is 3. The lowest BCUT2D eigenvalue weighted by Crippen LogP contribution is -1.99. The molecule has 1 aromatic heterocycles. The summed E-state index contributed by atoms with van der Waals surface area (Å²) in [6.07, 6.45) is 3.29. The predicted molar refractivity (Wildman–Crippen MR) is 63.8 cm³/mol. The molecule has 0 saturated heterocycles. The van der Waals surface area contributed by atoms with Gasteiger partial charge in [-0.1, -0.05) is 0 Å². The zero-order chi connectivity index (χ0) is 13.1. The summed E-state index contributed by atoms with van der Waals surface area (Å²) < 4.78 is 20.2. The van der Waals surface area contributed by atoms with E-state index in [1.165, 1.54) is 12.1 Å². The Morgan fingerprint density at radius 3 is 2.83 bits per heavy atom. The molecule has 0 saturated carbocycles. The molecule has 5 heteroatoms. The molecule has 4 nitrogen and oxygen atoms in total. The highest BCUT2D eigenvalue weighted by Crippen LogP contribution is 2.25. The fourth-order valence-corrected chi connectivity index (χ4v) is 1.46. The van der Waals surface area contributed by atoms with Crippen molar-refractivity contribution in [3.8, 4) is 17.6 Å². The summed E-state index contributed by atoms with van der Waals surface area (Å²) in [6.45, 7) is 3.99. The number of nitrogens with zero attached hydrogens (tertiary/aromatic N) is 3. The van der Waals surface area contributed by atoms with Gasteiger partial charge >= 0.3 is 0 Å². The zero-order valence-corrected chi connectivity index (χ0v) is 10.1. The Balaban J connectivity index is 2.26. The van der Waals surface area contributed by atoms with Gasteiger partial charge in [-0.25, -0.2) is 4.39 Å². The normalized spacial score (nSPS) is 10.4.